The minimum absolute atomic E-state index is 0.381. The van der Waals surface area contributed by atoms with Gasteiger partial charge in [0.05, 0.1) is 16.7 Å². The average molecular weight is 603 g/mol. The molecule has 0 aliphatic heterocycles. The van der Waals surface area contributed by atoms with E-state index < -0.39 is 0 Å². The molecule has 0 N–H and O–H groups in total. The summed E-state index contributed by atoms with van der Waals surface area (Å²) in [6, 6.07) is 60.3. The molecule has 0 saturated heterocycles. The number of para-hydroxylation sites is 2. The molecule has 0 aliphatic carbocycles. The molecule has 224 valence electrons. The molecule has 0 saturated carbocycles. The molecule has 2 aromatic heterocycles. The Labute approximate surface area is 274 Å². The number of aromatic nitrogens is 2. The van der Waals surface area contributed by atoms with Gasteiger partial charge in [-0.2, -0.15) is 0 Å². The molecular weight excluding hydrogens is 569 g/mol. The highest BCUT2D eigenvalue weighted by Crippen LogP contribution is 2.40. The zero-order valence-corrected chi connectivity index (χ0v) is 26.6. The molecule has 9 rings (SSSR count). The Morgan fingerprint density at radius 3 is 1.51 bits per heavy atom. The maximum Gasteiger partial charge on any atom is 0.0546 e. The van der Waals surface area contributed by atoms with Crippen molar-refractivity contribution in [3.63, 3.8) is 0 Å². The second kappa shape index (κ2) is 10.9. The largest absolute Gasteiger partial charge is 0.338 e. The Hall–Kier alpha value is -5.86. The Morgan fingerprint density at radius 1 is 0.362 bits per heavy atom. The minimum Gasteiger partial charge on any atom is -0.338 e. The van der Waals surface area contributed by atoms with Crippen molar-refractivity contribution in [3.05, 3.63) is 164 Å². The monoisotopic (exact) mass is 602 g/mol. The van der Waals surface area contributed by atoms with Gasteiger partial charge in [-0.3, -0.25) is 0 Å². The molecule has 2 heterocycles. The van der Waals surface area contributed by atoms with Gasteiger partial charge in [0, 0.05) is 44.2 Å². The fourth-order valence-electron chi connectivity index (χ4n) is 7.54. The third-order valence-electron chi connectivity index (χ3n) is 9.66. The fraction of sp³-hybridized carbons (Fsp3) is 0.0667. The van der Waals surface area contributed by atoms with Crippen LogP contribution in [0, 0.1) is 0 Å². The lowest BCUT2D eigenvalue weighted by atomic mass is 9.98. The maximum atomic E-state index is 2.46. The van der Waals surface area contributed by atoms with Gasteiger partial charge in [-0.15, -0.1) is 0 Å². The lowest BCUT2D eigenvalue weighted by molar-refractivity contribution is 0.642. The summed E-state index contributed by atoms with van der Waals surface area (Å²) in [4.78, 5) is 0. The summed E-state index contributed by atoms with van der Waals surface area (Å²) >= 11 is 0. The van der Waals surface area contributed by atoms with Gasteiger partial charge in [0.25, 0.3) is 0 Å². The summed E-state index contributed by atoms with van der Waals surface area (Å²) in [5, 5.41) is 5.12. The number of benzene rings is 7. The second-order valence-corrected chi connectivity index (χ2v) is 12.8. The first-order valence-corrected chi connectivity index (χ1v) is 16.5. The van der Waals surface area contributed by atoms with Crippen molar-refractivity contribution in [3.8, 4) is 39.1 Å². The van der Waals surface area contributed by atoms with E-state index in [1.54, 1.807) is 0 Å². The highest BCUT2D eigenvalue weighted by Gasteiger charge is 2.18. The van der Waals surface area contributed by atoms with Gasteiger partial charge < -0.3 is 9.13 Å². The molecular formula is C45H34N2. The molecule has 0 spiro atoms. The summed E-state index contributed by atoms with van der Waals surface area (Å²) in [6.07, 6.45) is 0. The molecule has 2 heteroatoms. The maximum absolute atomic E-state index is 2.46. The molecule has 2 nitrogen and oxygen atoms in total. The first-order valence-electron chi connectivity index (χ1n) is 16.5. The third kappa shape index (κ3) is 4.40. The quantitative estimate of drug-likeness (QED) is 0.185. The third-order valence-corrected chi connectivity index (χ3v) is 9.66. The molecule has 0 atom stereocenters. The summed E-state index contributed by atoms with van der Waals surface area (Å²) in [5.41, 5.74) is 13.5. The Morgan fingerprint density at radius 2 is 0.830 bits per heavy atom. The predicted octanol–water partition coefficient (Wildman–Crippen LogP) is 12.5. The van der Waals surface area contributed by atoms with E-state index in [4.69, 9.17) is 0 Å². The zero-order chi connectivity index (χ0) is 31.5. The van der Waals surface area contributed by atoms with Crippen molar-refractivity contribution in [1.29, 1.82) is 0 Å². The Balaban J connectivity index is 1.28. The second-order valence-electron chi connectivity index (χ2n) is 12.8. The summed E-state index contributed by atoms with van der Waals surface area (Å²) in [5.74, 6) is 0. The van der Waals surface area contributed by atoms with E-state index in [0.29, 0.717) is 6.04 Å². The van der Waals surface area contributed by atoms with Crippen LogP contribution in [-0.2, 0) is 0 Å². The first kappa shape index (κ1) is 27.5. The summed E-state index contributed by atoms with van der Waals surface area (Å²) < 4.78 is 4.92. The molecule has 0 radical (unpaired) electrons. The number of nitrogens with zero attached hydrogens (tertiary/aromatic N) is 2. The average Bonchev–Trinajstić information content (AvgIpc) is 3.64. The predicted molar refractivity (Wildman–Crippen MR) is 200 cm³/mol. The van der Waals surface area contributed by atoms with Gasteiger partial charge in [-0.05, 0) is 84.1 Å². The van der Waals surface area contributed by atoms with Crippen molar-refractivity contribution in [2.24, 2.45) is 0 Å². The molecule has 0 aliphatic rings. The van der Waals surface area contributed by atoms with Crippen LogP contribution >= 0.6 is 0 Å². The van der Waals surface area contributed by atoms with E-state index in [9.17, 15) is 0 Å². The highest BCUT2D eigenvalue weighted by molar-refractivity contribution is 6.12. The molecule has 0 unspecified atom stereocenters. The molecule has 0 amide bonds. The molecule has 0 bridgehead atoms. The van der Waals surface area contributed by atoms with Crippen LogP contribution in [0.1, 0.15) is 19.9 Å². The smallest absolute Gasteiger partial charge is 0.0546 e. The van der Waals surface area contributed by atoms with Gasteiger partial charge in [0.1, 0.15) is 0 Å². The van der Waals surface area contributed by atoms with E-state index in [-0.39, 0.29) is 0 Å². The van der Waals surface area contributed by atoms with Gasteiger partial charge in [-0.25, -0.2) is 0 Å². The molecule has 47 heavy (non-hydrogen) atoms. The van der Waals surface area contributed by atoms with Crippen LogP contribution < -0.4 is 0 Å². The van der Waals surface area contributed by atoms with E-state index in [1.165, 1.54) is 82.7 Å². The van der Waals surface area contributed by atoms with Crippen LogP contribution in [-0.4, -0.2) is 9.13 Å². The van der Waals surface area contributed by atoms with Crippen molar-refractivity contribution < 1.29 is 0 Å². The van der Waals surface area contributed by atoms with Crippen LogP contribution in [0.5, 0.6) is 0 Å². The van der Waals surface area contributed by atoms with E-state index in [2.05, 4.69) is 187 Å². The van der Waals surface area contributed by atoms with Gasteiger partial charge >= 0.3 is 0 Å². The SMILES string of the molecule is CC(C)n1c2ccccc2c2cc(-c3ccc4c(c3)c3ccccc3n4-c3cc(-c4ccccc4)ccc3-c3ccccc3)ccc21. The highest BCUT2D eigenvalue weighted by atomic mass is 15.0. The standard InChI is InChI=1S/C45H34N2/c1-30(2)46-41-19-11-9-17-37(41)39-27-33(22-25-43(39)46)34-23-26-44-40(28-34)38-18-10-12-20-42(38)47(44)45-29-35(31-13-5-3-6-14-31)21-24-36(45)32-15-7-4-8-16-32/h3-30H,1-2H3. The zero-order valence-electron chi connectivity index (χ0n) is 26.6. The van der Waals surface area contributed by atoms with Crippen molar-refractivity contribution in [1.82, 2.24) is 9.13 Å². The Kier molecular flexibility index (Phi) is 6.36. The van der Waals surface area contributed by atoms with Crippen LogP contribution in [0.2, 0.25) is 0 Å². The summed E-state index contributed by atoms with van der Waals surface area (Å²) in [7, 11) is 0. The molecule has 7 aromatic carbocycles. The first-order chi connectivity index (χ1) is 23.2. The van der Waals surface area contributed by atoms with Crippen molar-refractivity contribution >= 4 is 43.6 Å². The normalized spacial score (nSPS) is 11.8. The van der Waals surface area contributed by atoms with E-state index in [1.807, 2.05) is 0 Å². The molecule has 9 aromatic rings. The van der Waals surface area contributed by atoms with Crippen LogP contribution in [0.3, 0.4) is 0 Å². The minimum atomic E-state index is 0.381. The van der Waals surface area contributed by atoms with E-state index >= 15 is 0 Å². The van der Waals surface area contributed by atoms with Crippen molar-refractivity contribution in [2.45, 2.75) is 19.9 Å². The number of hydrogen-bond acceptors (Lipinski definition) is 0. The number of fused-ring (bicyclic) bond motifs is 6. The van der Waals surface area contributed by atoms with Gasteiger partial charge in [0.15, 0.2) is 0 Å². The topological polar surface area (TPSA) is 9.86 Å². The fourth-order valence-corrected chi connectivity index (χ4v) is 7.54. The number of hydrogen-bond donors (Lipinski definition) is 0. The number of rotatable bonds is 5. The molecule has 0 fully saturated rings. The van der Waals surface area contributed by atoms with Crippen molar-refractivity contribution in [2.75, 3.05) is 0 Å². The lowest BCUT2D eigenvalue weighted by Gasteiger charge is -2.16. The van der Waals surface area contributed by atoms with Crippen LogP contribution in [0.4, 0.5) is 0 Å². The van der Waals surface area contributed by atoms with E-state index in [0.717, 1.165) is 0 Å². The van der Waals surface area contributed by atoms with Gasteiger partial charge in [-0.1, -0.05) is 121 Å². The lowest BCUT2D eigenvalue weighted by Crippen LogP contribution is -1.99. The Bertz CT molecular complexity index is 2580. The van der Waals surface area contributed by atoms with Gasteiger partial charge in [0.2, 0.25) is 0 Å². The van der Waals surface area contributed by atoms with Crippen LogP contribution in [0.15, 0.2) is 164 Å². The van der Waals surface area contributed by atoms with Crippen LogP contribution in [0.25, 0.3) is 82.7 Å². The summed E-state index contributed by atoms with van der Waals surface area (Å²) in [6.45, 7) is 4.53.